The van der Waals surface area contributed by atoms with Gasteiger partial charge in [0.1, 0.15) is 18.2 Å². The van der Waals surface area contributed by atoms with Gasteiger partial charge in [0.15, 0.2) is 11.5 Å². The van der Waals surface area contributed by atoms with Gasteiger partial charge >= 0.3 is 0 Å². The van der Waals surface area contributed by atoms with E-state index in [2.05, 4.69) is 5.32 Å². The van der Waals surface area contributed by atoms with Crippen molar-refractivity contribution in [2.45, 2.75) is 26.6 Å². The summed E-state index contributed by atoms with van der Waals surface area (Å²) in [6.07, 6.45) is 0. The van der Waals surface area contributed by atoms with Gasteiger partial charge in [-0.1, -0.05) is 35.9 Å². The first-order valence-corrected chi connectivity index (χ1v) is 10.1. The van der Waals surface area contributed by atoms with Crippen LogP contribution in [-0.2, 0) is 19.7 Å². The summed E-state index contributed by atoms with van der Waals surface area (Å²) in [7, 11) is 1.66. The van der Waals surface area contributed by atoms with Crippen molar-refractivity contribution in [3.63, 3.8) is 0 Å². The molecule has 6 heteroatoms. The molecule has 0 saturated carbocycles. The first kappa shape index (κ1) is 21.9. The number of benzene rings is 3. The molecule has 4 nitrogen and oxygen atoms in total. The lowest BCUT2D eigenvalue weighted by atomic mass is 10.1. The van der Waals surface area contributed by atoms with Gasteiger partial charge in [-0.15, -0.1) is 0 Å². The number of ether oxygens (including phenoxy) is 3. The first-order chi connectivity index (χ1) is 14.6. The Kier molecular flexibility index (Phi) is 7.94. The maximum Gasteiger partial charge on any atom is 0.161 e. The van der Waals surface area contributed by atoms with Crippen molar-refractivity contribution < 1.29 is 18.6 Å². The van der Waals surface area contributed by atoms with Crippen LogP contribution < -0.4 is 19.5 Å². The van der Waals surface area contributed by atoms with E-state index in [0.717, 1.165) is 17.9 Å². The van der Waals surface area contributed by atoms with Gasteiger partial charge in [0.05, 0.1) is 18.7 Å². The van der Waals surface area contributed by atoms with Crippen molar-refractivity contribution >= 4 is 11.6 Å². The Morgan fingerprint density at radius 3 is 2.30 bits per heavy atom. The molecule has 0 heterocycles. The largest absolute Gasteiger partial charge is 0.497 e. The summed E-state index contributed by atoms with van der Waals surface area (Å²) < 4.78 is 30.0. The van der Waals surface area contributed by atoms with Crippen LogP contribution in [0, 0.1) is 5.82 Å². The number of nitrogens with one attached hydrogen (secondary N) is 1. The van der Waals surface area contributed by atoms with Crippen molar-refractivity contribution in [3.05, 3.63) is 88.2 Å². The third-order valence-electron chi connectivity index (χ3n) is 4.52. The Balaban J connectivity index is 1.60. The predicted molar refractivity (Wildman–Crippen MR) is 117 cm³/mol. The Labute approximate surface area is 181 Å². The number of hydrogen-bond donors (Lipinski definition) is 1. The molecule has 0 saturated heterocycles. The maximum atomic E-state index is 13.2. The van der Waals surface area contributed by atoms with Gasteiger partial charge in [-0.2, -0.15) is 0 Å². The minimum absolute atomic E-state index is 0.230. The molecule has 1 N–H and O–H groups in total. The molecule has 0 radical (unpaired) electrons. The smallest absolute Gasteiger partial charge is 0.161 e. The van der Waals surface area contributed by atoms with Crippen molar-refractivity contribution in [1.82, 2.24) is 5.32 Å². The fourth-order valence-electron chi connectivity index (χ4n) is 2.94. The van der Waals surface area contributed by atoms with Crippen LogP contribution in [0.1, 0.15) is 23.6 Å². The standard InChI is InChI=1S/C24H25ClFNO3/c1-3-29-24-12-18(15-27-14-17-4-9-21(28-2)10-5-17)6-11-23(24)30-16-19-7-8-20(26)13-22(19)25/h4-13,27H,3,14-16H2,1-2H3. The predicted octanol–water partition coefficient (Wildman–Crippen LogP) is 5.76. The molecule has 0 spiro atoms. The monoisotopic (exact) mass is 429 g/mol. The zero-order chi connectivity index (χ0) is 21.3. The molecule has 30 heavy (non-hydrogen) atoms. The molecule has 0 fully saturated rings. The average molecular weight is 430 g/mol. The molecule has 0 amide bonds. The molecule has 0 bridgehead atoms. The van der Waals surface area contributed by atoms with E-state index in [4.69, 9.17) is 25.8 Å². The summed E-state index contributed by atoms with van der Waals surface area (Å²) in [5, 5.41) is 3.76. The summed E-state index contributed by atoms with van der Waals surface area (Å²) in [5.74, 6) is 1.76. The number of halogens is 2. The van der Waals surface area contributed by atoms with Crippen molar-refractivity contribution in [2.75, 3.05) is 13.7 Å². The Morgan fingerprint density at radius 1 is 0.867 bits per heavy atom. The third kappa shape index (κ3) is 6.12. The first-order valence-electron chi connectivity index (χ1n) is 9.75. The van der Waals surface area contributed by atoms with E-state index in [9.17, 15) is 4.39 Å². The summed E-state index contributed by atoms with van der Waals surface area (Å²) in [6.45, 7) is 4.12. The molecule has 3 aromatic rings. The highest BCUT2D eigenvalue weighted by Gasteiger charge is 2.09. The fraction of sp³-hybridized carbons (Fsp3) is 0.250. The fourth-order valence-corrected chi connectivity index (χ4v) is 3.16. The number of hydrogen-bond acceptors (Lipinski definition) is 4. The summed E-state index contributed by atoms with van der Waals surface area (Å²) in [6, 6.07) is 18.1. The second-order valence-corrected chi connectivity index (χ2v) is 7.10. The minimum Gasteiger partial charge on any atom is -0.497 e. The molecule has 0 unspecified atom stereocenters. The normalized spacial score (nSPS) is 10.7. The van der Waals surface area contributed by atoms with Crippen LogP contribution in [0.3, 0.4) is 0 Å². The van der Waals surface area contributed by atoms with Crippen LogP contribution in [0.4, 0.5) is 4.39 Å². The zero-order valence-corrected chi connectivity index (χ0v) is 17.8. The van der Waals surface area contributed by atoms with Gasteiger partial charge in [-0.05, 0) is 54.4 Å². The van der Waals surface area contributed by atoms with Crippen LogP contribution in [0.5, 0.6) is 17.2 Å². The Bertz CT molecular complexity index is 963. The van der Waals surface area contributed by atoms with Crippen LogP contribution in [0.25, 0.3) is 0 Å². The van der Waals surface area contributed by atoms with Crippen molar-refractivity contribution in [3.8, 4) is 17.2 Å². The molecule has 3 aromatic carbocycles. The average Bonchev–Trinajstić information content (AvgIpc) is 2.75. The van der Waals surface area contributed by atoms with Crippen LogP contribution in [-0.4, -0.2) is 13.7 Å². The lowest BCUT2D eigenvalue weighted by molar-refractivity contribution is 0.269. The molecule has 0 atom stereocenters. The van der Waals surface area contributed by atoms with Gasteiger partial charge in [-0.3, -0.25) is 0 Å². The molecule has 158 valence electrons. The van der Waals surface area contributed by atoms with E-state index in [1.165, 1.54) is 17.7 Å². The molecule has 0 aliphatic carbocycles. The molecule has 3 rings (SSSR count). The molecular formula is C24H25ClFNO3. The van der Waals surface area contributed by atoms with Crippen molar-refractivity contribution in [2.24, 2.45) is 0 Å². The summed E-state index contributed by atoms with van der Waals surface area (Å²) in [5.41, 5.74) is 2.97. The van der Waals surface area contributed by atoms with E-state index < -0.39 is 0 Å². The molecular weight excluding hydrogens is 405 g/mol. The van der Waals surface area contributed by atoms with Crippen LogP contribution in [0.15, 0.2) is 60.7 Å². The minimum atomic E-state index is -0.370. The number of rotatable bonds is 10. The van der Waals surface area contributed by atoms with Gasteiger partial charge in [-0.25, -0.2) is 4.39 Å². The highest BCUT2D eigenvalue weighted by molar-refractivity contribution is 6.31. The van der Waals surface area contributed by atoms with E-state index in [1.54, 1.807) is 13.2 Å². The van der Waals surface area contributed by atoms with Gasteiger partial charge < -0.3 is 19.5 Å². The van der Waals surface area contributed by atoms with Gasteiger partial charge in [0.25, 0.3) is 0 Å². The third-order valence-corrected chi connectivity index (χ3v) is 4.88. The topological polar surface area (TPSA) is 39.7 Å². The lowest BCUT2D eigenvalue weighted by Gasteiger charge is -2.14. The Hall–Kier alpha value is -2.76. The molecule has 0 aliphatic rings. The second kappa shape index (κ2) is 10.9. The summed E-state index contributed by atoms with van der Waals surface area (Å²) >= 11 is 6.08. The van der Waals surface area contributed by atoms with Gasteiger partial charge in [0.2, 0.25) is 0 Å². The van der Waals surface area contributed by atoms with E-state index in [1.807, 2.05) is 49.4 Å². The maximum absolute atomic E-state index is 13.2. The highest BCUT2D eigenvalue weighted by Crippen LogP contribution is 2.30. The Morgan fingerprint density at radius 2 is 1.60 bits per heavy atom. The lowest BCUT2D eigenvalue weighted by Crippen LogP contribution is -2.13. The number of methoxy groups -OCH3 is 1. The molecule has 0 aromatic heterocycles. The van der Waals surface area contributed by atoms with Crippen LogP contribution in [0.2, 0.25) is 5.02 Å². The van der Waals surface area contributed by atoms with Gasteiger partial charge in [0, 0.05) is 18.7 Å². The van der Waals surface area contributed by atoms with E-state index in [-0.39, 0.29) is 12.4 Å². The van der Waals surface area contributed by atoms with E-state index in [0.29, 0.717) is 35.2 Å². The SMILES string of the molecule is CCOc1cc(CNCc2ccc(OC)cc2)ccc1OCc1ccc(F)cc1Cl. The van der Waals surface area contributed by atoms with Crippen LogP contribution >= 0.6 is 11.6 Å². The quantitative estimate of drug-likeness (QED) is 0.445. The summed E-state index contributed by atoms with van der Waals surface area (Å²) in [4.78, 5) is 0. The zero-order valence-electron chi connectivity index (χ0n) is 17.1. The molecule has 0 aliphatic heterocycles. The second-order valence-electron chi connectivity index (χ2n) is 6.69. The highest BCUT2D eigenvalue weighted by atomic mass is 35.5. The van der Waals surface area contributed by atoms with E-state index >= 15 is 0 Å². The van der Waals surface area contributed by atoms with Crippen molar-refractivity contribution in [1.29, 1.82) is 0 Å².